The summed E-state index contributed by atoms with van der Waals surface area (Å²) in [6, 6.07) is 10.4. The molecule has 0 spiro atoms. The van der Waals surface area contributed by atoms with Crippen LogP contribution in [0.3, 0.4) is 0 Å². The lowest BCUT2D eigenvalue weighted by Crippen LogP contribution is -2.30. The van der Waals surface area contributed by atoms with E-state index in [-0.39, 0.29) is 16.8 Å². The Hall–Kier alpha value is -1.70. The average Bonchev–Trinajstić information content (AvgIpc) is 3.08. The number of hydrogen-bond donors (Lipinski definition) is 1. The highest BCUT2D eigenvalue weighted by atomic mass is 32.2. The number of sulfonamides is 1. The van der Waals surface area contributed by atoms with E-state index in [0.29, 0.717) is 19.5 Å². The number of carbonyl (C=O) groups excluding carboxylic acids is 1. The first kappa shape index (κ1) is 19.6. The second kappa shape index (κ2) is 8.60. The summed E-state index contributed by atoms with van der Waals surface area (Å²) in [4.78, 5) is 13.4. The van der Waals surface area contributed by atoms with Crippen LogP contribution >= 0.6 is 11.3 Å². The maximum Gasteiger partial charge on any atom is 0.243 e. The molecule has 0 aliphatic rings. The van der Waals surface area contributed by atoms with E-state index >= 15 is 0 Å². The Kier molecular flexibility index (Phi) is 6.75. The highest BCUT2D eigenvalue weighted by Gasteiger charge is 2.21. The van der Waals surface area contributed by atoms with Gasteiger partial charge < -0.3 is 5.32 Å². The minimum absolute atomic E-state index is 0.0465. The van der Waals surface area contributed by atoms with Gasteiger partial charge in [-0.15, -0.1) is 11.3 Å². The molecule has 0 radical (unpaired) electrons. The lowest BCUT2D eigenvalue weighted by atomic mass is 10.1. The van der Waals surface area contributed by atoms with Gasteiger partial charge in [0.1, 0.15) is 0 Å². The summed E-state index contributed by atoms with van der Waals surface area (Å²) in [5.41, 5.74) is 0.873. The SMILES string of the molecule is CCN(CC)S(=O)(=O)c1ccc(C(C)NC(=O)Cc2cccs2)cc1. The Morgan fingerprint density at radius 3 is 2.32 bits per heavy atom. The van der Waals surface area contributed by atoms with Crippen LogP contribution in [0.5, 0.6) is 0 Å². The quantitative estimate of drug-likeness (QED) is 0.765. The van der Waals surface area contributed by atoms with Crippen molar-refractivity contribution in [3.05, 3.63) is 52.2 Å². The van der Waals surface area contributed by atoms with E-state index in [9.17, 15) is 13.2 Å². The molecular weight excluding hydrogens is 356 g/mol. The third kappa shape index (κ3) is 4.90. The van der Waals surface area contributed by atoms with Crippen LogP contribution in [0.2, 0.25) is 0 Å². The predicted molar refractivity (Wildman–Crippen MR) is 101 cm³/mol. The van der Waals surface area contributed by atoms with E-state index in [0.717, 1.165) is 10.4 Å². The van der Waals surface area contributed by atoms with Gasteiger partial charge in [-0.1, -0.05) is 32.0 Å². The van der Waals surface area contributed by atoms with Crippen LogP contribution in [0.15, 0.2) is 46.7 Å². The zero-order valence-corrected chi connectivity index (χ0v) is 16.4. The fourth-order valence-corrected chi connectivity index (χ4v) is 4.75. The Labute approximate surface area is 153 Å². The number of carbonyl (C=O) groups is 1. The average molecular weight is 381 g/mol. The molecule has 0 bridgehead atoms. The normalized spacial score (nSPS) is 13.0. The molecule has 0 saturated carbocycles. The largest absolute Gasteiger partial charge is 0.349 e. The fraction of sp³-hybridized carbons (Fsp3) is 0.389. The first-order valence-electron chi connectivity index (χ1n) is 8.30. The molecule has 2 aromatic rings. The third-order valence-corrected chi connectivity index (χ3v) is 6.96. The fourth-order valence-electron chi connectivity index (χ4n) is 2.59. The van der Waals surface area contributed by atoms with Crippen molar-refractivity contribution < 1.29 is 13.2 Å². The van der Waals surface area contributed by atoms with Gasteiger partial charge in [-0.25, -0.2) is 8.42 Å². The molecule has 1 aromatic heterocycles. The monoisotopic (exact) mass is 380 g/mol. The van der Waals surface area contributed by atoms with E-state index in [4.69, 9.17) is 0 Å². The maximum absolute atomic E-state index is 12.5. The van der Waals surface area contributed by atoms with Crippen molar-refractivity contribution in [2.45, 2.75) is 38.1 Å². The van der Waals surface area contributed by atoms with Gasteiger partial charge in [0, 0.05) is 18.0 Å². The van der Waals surface area contributed by atoms with Crippen LogP contribution in [-0.4, -0.2) is 31.7 Å². The molecule has 0 saturated heterocycles. The van der Waals surface area contributed by atoms with Crippen LogP contribution in [0, 0.1) is 0 Å². The molecule has 1 atom stereocenters. The maximum atomic E-state index is 12.5. The van der Waals surface area contributed by atoms with Gasteiger partial charge in [0.2, 0.25) is 15.9 Å². The summed E-state index contributed by atoms with van der Waals surface area (Å²) < 4.78 is 26.4. The topological polar surface area (TPSA) is 66.5 Å². The van der Waals surface area contributed by atoms with E-state index in [1.165, 1.54) is 4.31 Å². The van der Waals surface area contributed by atoms with Crippen LogP contribution in [0.4, 0.5) is 0 Å². The number of hydrogen-bond acceptors (Lipinski definition) is 4. The van der Waals surface area contributed by atoms with Crippen LogP contribution in [-0.2, 0) is 21.2 Å². The summed E-state index contributed by atoms with van der Waals surface area (Å²) in [6.07, 6.45) is 0.358. The van der Waals surface area contributed by atoms with Crippen molar-refractivity contribution in [3.8, 4) is 0 Å². The summed E-state index contributed by atoms with van der Waals surface area (Å²) >= 11 is 1.55. The standard InChI is InChI=1S/C18H24N2O3S2/c1-4-20(5-2)25(22,23)17-10-8-15(9-11-17)14(3)19-18(21)13-16-7-6-12-24-16/h6-12,14H,4-5,13H2,1-3H3,(H,19,21). The zero-order chi connectivity index (χ0) is 18.4. The number of amides is 1. The van der Waals surface area contributed by atoms with Crippen LogP contribution < -0.4 is 5.32 Å². The van der Waals surface area contributed by atoms with E-state index in [1.54, 1.807) is 35.6 Å². The van der Waals surface area contributed by atoms with Gasteiger partial charge in [0.15, 0.2) is 0 Å². The summed E-state index contributed by atoms with van der Waals surface area (Å²) in [5, 5.41) is 4.89. The lowest BCUT2D eigenvalue weighted by molar-refractivity contribution is -0.121. The minimum Gasteiger partial charge on any atom is -0.349 e. The summed E-state index contributed by atoms with van der Waals surface area (Å²) in [7, 11) is -3.45. The van der Waals surface area contributed by atoms with E-state index in [1.807, 2.05) is 38.3 Å². The molecule has 0 aliphatic heterocycles. The Balaban J connectivity index is 2.05. The lowest BCUT2D eigenvalue weighted by Gasteiger charge is -2.19. The minimum atomic E-state index is -3.45. The number of rotatable bonds is 8. The Morgan fingerprint density at radius 2 is 1.80 bits per heavy atom. The molecule has 1 unspecified atom stereocenters. The van der Waals surface area contributed by atoms with Crippen molar-refractivity contribution in [1.82, 2.24) is 9.62 Å². The number of benzene rings is 1. The second-order valence-corrected chi connectivity index (χ2v) is 8.67. The van der Waals surface area contributed by atoms with Gasteiger partial charge >= 0.3 is 0 Å². The molecule has 25 heavy (non-hydrogen) atoms. The molecule has 0 aliphatic carbocycles. The molecular formula is C18H24N2O3S2. The first-order chi connectivity index (χ1) is 11.9. The molecule has 0 fully saturated rings. The zero-order valence-electron chi connectivity index (χ0n) is 14.7. The van der Waals surface area contributed by atoms with Crippen molar-refractivity contribution in [2.75, 3.05) is 13.1 Å². The van der Waals surface area contributed by atoms with E-state index in [2.05, 4.69) is 5.32 Å². The molecule has 1 N–H and O–H groups in total. The highest BCUT2D eigenvalue weighted by molar-refractivity contribution is 7.89. The van der Waals surface area contributed by atoms with Crippen LogP contribution in [0.25, 0.3) is 0 Å². The third-order valence-electron chi connectivity index (χ3n) is 4.02. The van der Waals surface area contributed by atoms with Gasteiger partial charge in [-0.3, -0.25) is 4.79 Å². The summed E-state index contributed by atoms with van der Waals surface area (Å²) in [6.45, 7) is 6.41. The molecule has 2 rings (SSSR count). The molecule has 1 aromatic carbocycles. The van der Waals surface area contributed by atoms with Gasteiger partial charge in [-0.2, -0.15) is 4.31 Å². The van der Waals surface area contributed by atoms with Crippen molar-refractivity contribution in [2.24, 2.45) is 0 Å². The van der Waals surface area contributed by atoms with E-state index < -0.39 is 10.0 Å². The Bertz CT molecular complexity index is 780. The molecule has 1 heterocycles. The highest BCUT2D eigenvalue weighted by Crippen LogP contribution is 2.19. The van der Waals surface area contributed by atoms with Gasteiger partial charge in [-0.05, 0) is 36.1 Å². The second-order valence-electron chi connectivity index (χ2n) is 5.70. The first-order valence-corrected chi connectivity index (χ1v) is 10.6. The van der Waals surface area contributed by atoms with Crippen LogP contribution in [0.1, 0.15) is 37.3 Å². The van der Waals surface area contributed by atoms with Crippen molar-refractivity contribution in [3.63, 3.8) is 0 Å². The van der Waals surface area contributed by atoms with Gasteiger partial charge in [0.25, 0.3) is 0 Å². The van der Waals surface area contributed by atoms with Crippen molar-refractivity contribution >= 4 is 27.3 Å². The van der Waals surface area contributed by atoms with Gasteiger partial charge in [0.05, 0.1) is 17.4 Å². The molecule has 7 heteroatoms. The van der Waals surface area contributed by atoms with Crippen molar-refractivity contribution in [1.29, 1.82) is 0 Å². The number of thiophene rings is 1. The molecule has 5 nitrogen and oxygen atoms in total. The molecule has 1 amide bonds. The predicted octanol–water partition coefficient (Wildman–Crippen LogP) is 3.20. The summed E-state index contributed by atoms with van der Waals surface area (Å²) in [5.74, 6) is -0.0465. The number of nitrogens with zero attached hydrogens (tertiary/aromatic N) is 1. The molecule has 136 valence electrons. The smallest absolute Gasteiger partial charge is 0.243 e. The Morgan fingerprint density at radius 1 is 1.16 bits per heavy atom. The number of nitrogens with one attached hydrogen (secondary N) is 1.